The number of rotatable bonds is 7. The van der Waals surface area contributed by atoms with Crippen LogP contribution in [0, 0.1) is 0 Å². The van der Waals surface area contributed by atoms with Crippen molar-refractivity contribution in [3.63, 3.8) is 0 Å². The van der Waals surface area contributed by atoms with Crippen LogP contribution in [0.5, 0.6) is 0 Å². The van der Waals surface area contributed by atoms with E-state index >= 15 is 0 Å². The maximum absolute atomic E-state index is 12.3. The minimum Gasteiger partial charge on any atom is -0.481 e. The maximum atomic E-state index is 12.3. The number of carboxylic acid groups (broad SMARTS) is 1. The van der Waals surface area contributed by atoms with Crippen molar-refractivity contribution in [2.75, 3.05) is 18.1 Å². The van der Waals surface area contributed by atoms with Crippen molar-refractivity contribution >= 4 is 23.5 Å². The van der Waals surface area contributed by atoms with Crippen molar-refractivity contribution in [1.29, 1.82) is 0 Å². The molecule has 1 unspecified atom stereocenters. The van der Waals surface area contributed by atoms with E-state index in [1.165, 1.54) is 4.90 Å². The Balaban J connectivity index is 2.92. The monoisotopic (exact) mass is 294 g/mol. The molecule has 7 heteroatoms. The van der Waals surface area contributed by atoms with Gasteiger partial charge in [-0.05, 0) is 19.1 Å². The van der Waals surface area contributed by atoms with Gasteiger partial charge in [0.05, 0.1) is 13.0 Å². The van der Waals surface area contributed by atoms with Crippen molar-refractivity contribution in [3.8, 4) is 0 Å². The minimum atomic E-state index is -1.47. The summed E-state index contributed by atoms with van der Waals surface area (Å²) >= 11 is 0. The van der Waals surface area contributed by atoms with Gasteiger partial charge in [0.2, 0.25) is 0 Å². The quantitative estimate of drug-likeness (QED) is 0.556. The first-order valence-electron chi connectivity index (χ1n) is 6.47. The lowest BCUT2D eigenvalue weighted by molar-refractivity contribution is -0.147. The van der Waals surface area contributed by atoms with Gasteiger partial charge in [0, 0.05) is 12.2 Å². The van der Waals surface area contributed by atoms with E-state index in [1.54, 1.807) is 37.3 Å². The molecular weight excluding hydrogens is 276 g/mol. The molecule has 3 N–H and O–H groups in total. The number of aliphatic carboxylic acids is 1. The van der Waals surface area contributed by atoms with Crippen LogP contribution in [0.15, 0.2) is 30.3 Å². The molecule has 0 saturated heterocycles. The zero-order valence-corrected chi connectivity index (χ0v) is 11.7. The highest BCUT2D eigenvalue weighted by Crippen LogP contribution is 2.15. The molecule has 114 valence electrons. The van der Waals surface area contributed by atoms with Gasteiger partial charge in [0.15, 0.2) is 6.04 Å². The number of carboxylic acids is 1. The lowest BCUT2D eigenvalue weighted by atomic mass is 10.2. The van der Waals surface area contributed by atoms with Crippen molar-refractivity contribution in [1.82, 2.24) is 0 Å². The second kappa shape index (κ2) is 8.01. The molecule has 0 radical (unpaired) electrons. The van der Waals surface area contributed by atoms with Crippen LogP contribution < -0.4 is 10.6 Å². The number of para-hydroxylation sites is 1. The first-order chi connectivity index (χ1) is 9.97. The molecule has 0 aromatic heterocycles. The smallest absolute Gasteiger partial charge is 0.332 e. The van der Waals surface area contributed by atoms with Crippen LogP contribution in [0.25, 0.3) is 0 Å². The van der Waals surface area contributed by atoms with E-state index in [9.17, 15) is 14.4 Å². The Morgan fingerprint density at radius 1 is 1.29 bits per heavy atom. The average Bonchev–Trinajstić information content (AvgIpc) is 2.47. The number of hydrogen-bond acceptors (Lipinski definition) is 5. The van der Waals surface area contributed by atoms with Crippen molar-refractivity contribution in [3.05, 3.63) is 30.3 Å². The fourth-order valence-electron chi connectivity index (χ4n) is 1.68. The Morgan fingerprint density at radius 3 is 2.43 bits per heavy atom. The minimum absolute atomic E-state index is 0.0781. The van der Waals surface area contributed by atoms with E-state index < -0.39 is 23.9 Å². The predicted molar refractivity (Wildman–Crippen MR) is 75.7 cm³/mol. The van der Waals surface area contributed by atoms with E-state index in [0.29, 0.717) is 5.69 Å². The third-order valence-electron chi connectivity index (χ3n) is 2.69. The fraction of sp³-hybridized carbons (Fsp3) is 0.357. The molecule has 0 aliphatic rings. The molecule has 21 heavy (non-hydrogen) atoms. The summed E-state index contributed by atoms with van der Waals surface area (Å²) < 4.78 is 4.71. The highest BCUT2D eigenvalue weighted by molar-refractivity contribution is 6.09. The molecule has 0 saturated carbocycles. The van der Waals surface area contributed by atoms with Gasteiger partial charge in [-0.1, -0.05) is 18.2 Å². The molecular formula is C14H18N2O5. The lowest BCUT2D eigenvalue weighted by Crippen LogP contribution is -2.49. The summed E-state index contributed by atoms with van der Waals surface area (Å²) in [4.78, 5) is 35.7. The molecule has 7 nitrogen and oxygen atoms in total. The number of hydrogen-bond donors (Lipinski definition) is 2. The van der Waals surface area contributed by atoms with Crippen LogP contribution in [0.4, 0.5) is 5.69 Å². The van der Waals surface area contributed by atoms with Crippen LogP contribution in [0.3, 0.4) is 0 Å². The number of ether oxygens (including phenoxy) is 1. The van der Waals surface area contributed by atoms with Gasteiger partial charge in [-0.2, -0.15) is 0 Å². The third-order valence-corrected chi connectivity index (χ3v) is 2.69. The van der Waals surface area contributed by atoms with Crippen molar-refractivity contribution in [2.45, 2.75) is 19.4 Å². The van der Waals surface area contributed by atoms with Crippen LogP contribution in [-0.4, -0.2) is 42.1 Å². The summed E-state index contributed by atoms with van der Waals surface area (Å²) in [5.41, 5.74) is 6.05. The molecule has 0 heterocycles. The molecule has 0 bridgehead atoms. The SMILES string of the molecule is CCOC(=O)C(N)C(=O)N(CCC(=O)O)c1ccccc1. The zero-order chi connectivity index (χ0) is 15.8. The molecule has 1 amide bonds. The molecule has 1 aromatic rings. The Hall–Kier alpha value is -2.41. The summed E-state index contributed by atoms with van der Waals surface area (Å²) in [6, 6.07) is 6.96. The van der Waals surface area contributed by atoms with Crippen LogP contribution in [-0.2, 0) is 19.1 Å². The highest BCUT2D eigenvalue weighted by atomic mass is 16.5. The van der Waals surface area contributed by atoms with E-state index in [2.05, 4.69) is 0 Å². The molecule has 1 atom stereocenters. The average molecular weight is 294 g/mol. The number of carbonyl (C=O) groups is 3. The summed E-state index contributed by atoms with van der Waals surface area (Å²) in [7, 11) is 0. The number of benzene rings is 1. The summed E-state index contributed by atoms with van der Waals surface area (Å²) in [6.07, 6.45) is -0.254. The first-order valence-corrected chi connectivity index (χ1v) is 6.47. The van der Waals surface area contributed by atoms with Crippen LogP contribution in [0.1, 0.15) is 13.3 Å². The number of nitrogens with zero attached hydrogens (tertiary/aromatic N) is 1. The molecule has 1 aromatic carbocycles. The van der Waals surface area contributed by atoms with E-state index in [4.69, 9.17) is 15.6 Å². The first kappa shape index (κ1) is 16.6. The van der Waals surface area contributed by atoms with Gasteiger partial charge < -0.3 is 20.5 Å². The standard InChI is InChI=1S/C14H18N2O5/c1-2-21-14(20)12(15)13(19)16(9-8-11(17)18)10-6-4-3-5-7-10/h3-7,12H,2,8-9,15H2,1H3,(H,17,18). The Labute approximate surface area is 122 Å². The van der Waals surface area contributed by atoms with Gasteiger partial charge in [-0.25, -0.2) is 4.79 Å². The van der Waals surface area contributed by atoms with Gasteiger partial charge >= 0.3 is 11.9 Å². The summed E-state index contributed by atoms with van der Waals surface area (Å²) in [6.45, 7) is 1.64. The largest absolute Gasteiger partial charge is 0.481 e. The summed E-state index contributed by atoms with van der Waals surface area (Å²) in [5.74, 6) is -2.58. The third kappa shape index (κ3) is 4.88. The molecule has 0 aliphatic heterocycles. The molecule has 0 aliphatic carbocycles. The van der Waals surface area contributed by atoms with Gasteiger partial charge in [0.25, 0.3) is 5.91 Å². The second-order valence-electron chi connectivity index (χ2n) is 4.20. The number of nitrogens with two attached hydrogens (primary N) is 1. The van der Waals surface area contributed by atoms with Crippen LogP contribution in [0.2, 0.25) is 0 Å². The van der Waals surface area contributed by atoms with E-state index in [0.717, 1.165) is 0 Å². The van der Waals surface area contributed by atoms with Crippen LogP contribution >= 0.6 is 0 Å². The predicted octanol–water partition coefficient (Wildman–Crippen LogP) is 0.385. The number of carbonyl (C=O) groups excluding carboxylic acids is 2. The Bertz CT molecular complexity index is 503. The lowest BCUT2D eigenvalue weighted by Gasteiger charge is -2.24. The normalized spacial score (nSPS) is 11.5. The highest BCUT2D eigenvalue weighted by Gasteiger charge is 2.29. The van der Waals surface area contributed by atoms with Gasteiger partial charge in [0.1, 0.15) is 0 Å². The van der Waals surface area contributed by atoms with Gasteiger partial charge in [-0.15, -0.1) is 0 Å². The molecule has 1 rings (SSSR count). The second-order valence-corrected chi connectivity index (χ2v) is 4.20. The van der Waals surface area contributed by atoms with Crippen molar-refractivity contribution in [2.24, 2.45) is 5.73 Å². The van der Waals surface area contributed by atoms with Gasteiger partial charge in [-0.3, -0.25) is 9.59 Å². The fourth-order valence-corrected chi connectivity index (χ4v) is 1.68. The Kier molecular flexibility index (Phi) is 6.35. The molecule has 0 fully saturated rings. The summed E-state index contributed by atoms with van der Waals surface area (Å²) in [5, 5.41) is 8.76. The van der Waals surface area contributed by atoms with E-state index in [1.807, 2.05) is 0 Å². The molecule has 0 spiro atoms. The number of esters is 1. The number of amides is 1. The Morgan fingerprint density at radius 2 is 1.90 bits per heavy atom. The van der Waals surface area contributed by atoms with Crippen molar-refractivity contribution < 1.29 is 24.2 Å². The maximum Gasteiger partial charge on any atom is 0.332 e. The van der Waals surface area contributed by atoms with E-state index in [-0.39, 0.29) is 19.6 Å². The topological polar surface area (TPSA) is 110 Å². The number of anilines is 1. The zero-order valence-electron chi connectivity index (χ0n) is 11.7.